The van der Waals surface area contributed by atoms with Crippen molar-refractivity contribution in [1.82, 2.24) is 25.2 Å². The molecule has 3 aromatic heterocycles. The van der Waals surface area contributed by atoms with E-state index in [1.807, 2.05) is 12.3 Å². The van der Waals surface area contributed by atoms with Gasteiger partial charge < -0.3 is 5.32 Å². The number of hydrogen-bond acceptors (Lipinski definition) is 6. The highest BCUT2D eigenvalue weighted by molar-refractivity contribution is 7.20. The van der Waals surface area contributed by atoms with E-state index >= 15 is 0 Å². The summed E-state index contributed by atoms with van der Waals surface area (Å²) in [4.78, 5) is 29.4. The SMILES string of the molecule is CNC(=O)c1sc2nccnc2c1[C@@H]1CCN(Cc2cccnc2)C1. The molecule has 1 amide bonds. The van der Waals surface area contributed by atoms with Crippen molar-refractivity contribution in [3.8, 4) is 0 Å². The highest BCUT2D eigenvalue weighted by atomic mass is 32.1. The minimum absolute atomic E-state index is 0.0505. The number of pyridine rings is 1. The first-order valence-electron chi connectivity index (χ1n) is 8.33. The van der Waals surface area contributed by atoms with E-state index in [-0.39, 0.29) is 5.91 Å². The number of carbonyl (C=O) groups is 1. The van der Waals surface area contributed by atoms with Gasteiger partial charge in [0.25, 0.3) is 5.91 Å². The van der Waals surface area contributed by atoms with Gasteiger partial charge in [-0.15, -0.1) is 11.3 Å². The van der Waals surface area contributed by atoms with Crippen molar-refractivity contribution < 1.29 is 4.79 Å². The van der Waals surface area contributed by atoms with Crippen molar-refractivity contribution in [3.63, 3.8) is 0 Å². The number of thiophene rings is 1. The van der Waals surface area contributed by atoms with E-state index in [2.05, 4.69) is 31.2 Å². The van der Waals surface area contributed by atoms with Gasteiger partial charge in [-0.25, -0.2) is 4.98 Å². The van der Waals surface area contributed by atoms with Crippen molar-refractivity contribution in [2.24, 2.45) is 0 Å². The summed E-state index contributed by atoms with van der Waals surface area (Å²) in [5, 5.41) is 2.75. The number of nitrogens with zero attached hydrogens (tertiary/aromatic N) is 4. The van der Waals surface area contributed by atoms with Crippen LogP contribution in [0.4, 0.5) is 0 Å². The van der Waals surface area contributed by atoms with E-state index in [9.17, 15) is 4.79 Å². The first kappa shape index (κ1) is 16.1. The predicted molar refractivity (Wildman–Crippen MR) is 97.7 cm³/mol. The van der Waals surface area contributed by atoms with Crippen LogP contribution < -0.4 is 5.32 Å². The third-order valence-electron chi connectivity index (χ3n) is 4.61. The van der Waals surface area contributed by atoms with E-state index in [0.29, 0.717) is 5.92 Å². The summed E-state index contributed by atoms with van der Waals surface area (Å²) >= 11 is 1.43. The molecule has 1 fully saturated rings. The quantitative estimate of drug-likeness (QED) is 0.780. The minimum atomic E-state index is -0.0505. The number of fused-ring (bicyclic) bond motifs is 1. The number of aromatic nitrogens is 3. The molecule has 1 aliphatic rings. The third-order valence-corrected chi connectivity index (χ3v) is 5.71. The molecule has 0 saturated carbocycles. The number of rotatable bonds is 4. The highest BCUT2D eigenvalue weighted by Crippen LogP contribution is 2.38. The molecule has 1 N–H and O–H groups in total. The van der Waals surface area contributed by atoms with Gasteiger partial charge in [-0.2, -0.15) is 0 Å². The van der Waals surface area contributed by atoms with Gasteiger partial charge in [0, 0.05) is 56.4 Å². The number of amides is 1. The van der Waals surface area contributed by atoms with Gasteiger partial charge in [0.1, 0.15) is 10.3 Å². The maximum absolute atomic E-state index is 12.4. The molecule has 0 bridgehead atoms. The first-order chi connectivity index (χ1) is 12.3. The summed E-state index contributed by atoms with van der Waals surface area (Å²) in [5.41, 5.74) is 3.14. The van der Waals surface area contributed by atoms with E-state index in [1.165, 1.54) is 16.9 Å². The summed E-state index contributed by atoms with van der Waals surface area (Å²) in [6, 6.07) is 4.07. The van der Waals surface area contributed by atoms with Gasteiger partial charge in [-0.05, 0) is 24.6 Å². The number of nitrogens with one attached hydrogen (secondary N) is 1. The lowest BCUT2D eigenvalue weighted by molar-refractivity contribution is 0.0966. The maximum Gasteiger partial charge on any atom is 0.261 e. The fourth-order valence-electron chi connectivity index (χ4n) is 3.47. The Morgan fingerprint density at radius 3 is 3.04 bits per heavy atom. The lowest BCUT2D eigenvalue weighted by Crippen LogP contribution is -2.21. The standard InChI is InChI=1S/C18H19N5OS/c1-19-17(24)16-14(15-18(25-16)22-7-6-21-15)13-4-8-23(11-13)10-12-3-2-5-20-9-12/h2-3,5-7,9,13H,4,8,10-11H2,1H3,(H,19,24)/t13-/m1/s1. The van der Waals surface area contributed by atoms with Gasteiger partial charge in [-0.1, -0.05) is 6.07 Å². The molecular weight excluding hydrogens is 334 g/mol. The van der Waals surface area contributed by atoms with Gasteiger partial charge in [-0.3, -0.25) is 19.7 Å². The molecule has 4 heterocycles. The average molecular weight is 353 g/mol. The summed E-state index contributed by atoms with van der Waals surface area (Å²) in [6.45, 7) is 2.80. The van der Waals surface area contributed by atoms with Gasteiger partial charge in [0.2, 0.25) is 0 Å². The predicted octanol–water partition coefficient (Wildman–Crippen LogP) is 2.44. The zero-order valence-electron chi connectivity index (χ0n) is 14.0. The molecular formula is C18H19N5OS. The second kappa shape index (κ2) is 6.85. The molecule has 128 valence electrons. The molecule has 0 radical (unpaired) electrons. The van der Waals surface area contributed by atoms with Crippen molar-refractivity contribution in [1.29, 1.82) is 0 Å². The van der Waals surface area contributed by atoms with Crippen LogP contribution in [0.2, 0.25) is 0 Å². The van der Waals surface area contributed by atoms with Crippen LogP contribution in [-0.4, -0.2) is 45.9 Å². The maximum atomic E-state index is 12.4. The smallest absolute Gasteiger partial charge is 0.261 e. The zero-order valence-corrected chi connectivity index (χ0v) is 14.8. The summed E-state index contributed by atoms with van der Waals surface area (Å²) in [5.74, 6) is 0.250. The zero-order chi connectivity index (χ0) is 17.2. The molecule has 1 aliphatic heterocycles. The Labute approximate surface area is 149 Å². The Bertz CT molecular complexity index is 895. The molecule has 1 atom stereocenters. The van der Waals surface area contributed by atoms with Crippen LogP contribution in [0, 0.1) is 0 Å². The lowest BCUT2D eigenvalue weighted by atomic mass is 9.97. The molecule has 0 unspecified atom stereocenters. The van der Waals surface area contributed by atoms with Crippen LogP contribution in [0.15, 0.2) is 36.9 Å². The average Bonchev–Trinajstić information content (AvgIpc) is 3.26. The largest absolute Gasteiger partial charge is 0.354 e. The Hall–Kier alpha value is -2.38. The second-order valence-corrected chi connectivity index (χ2v) is 7.22. The second-order valence-electron chi connectivity index (χ2n) is 6.22. The summed E-state index contributed by atoms with van der Waals surface area (Å²) in [7, 11) is 1.67. The molecule has 6 nitrogen and oxygen atoms in total. The van der Waals surface area contributed by atoms with Crippen LogP contribution in [0.3, 0.4) is 0 Å². The van der Waals surface area contributed by atoms with Gasteiger partial charge in [0.05, 0.1) is 4.88 Å². The molecule has 3 aromatic rings. The van der Waals surface area contributed by atoms with E-state index < -0.39 is 0 Å². The fraction of sp³-hybridized carbons (Fsp3) is 0.333. The first-order valence-corrected chi connectivity index (χ1v) is 9.14. The normalized spacial score (nSPS) is 17.9. The molecule has 25 heavy (non-hydrogen) atoms. The van der Waals surface area contributed by atoms with E-state index in [4.69, 9.17) is 0 Å². The van der Waals surface area contributed by atoms with Crippen molar-refractivity contribution in [3.05, 3.63) is 52.9 Å². The molecule has 4 rings (SSSR count). The monoisotopic (exact) mass is 353 g/mol. The van der Waals surface area contributed by atoms with Crippen LogP contribution in [0.5, 0.6) is 0 Å². The number of carbonyl (C=O) groups excluding carboxylic acids is 1. The highest BCUT2D eigenvalue weighted by Gasteiger charge is 2.31. The van der Waals surface area contributed by atoms with Crippen LogP contribution in [0.25, 0.3) is 10.3 Å². The number of hydrogen-bond donors (Lipinski definition) is 1. The number of likely N-dealkylation sites (tertiary alicyclic amines) is 1. The summed E-state index contributed by atoms with van der Waals surface area (Å²) in [6.07, 6.45) is 8.11. The van der Waals surface area contributed by atoms with Crippen molar-refractivity contribution in [2.75, 3.05) is 20.1 Å². The van der Waals surface area contributed by atoms with Crippen LogP contribution >= 0.6 is 11.3 Å². The van der Waals surface area contributed by atoms with E-state index in [1.54, 1.807) is 25.6 Å². The Balaban J connectivity index is 1.62. The Morgan fingerprint density at radius 1 is 1.36 bits per heavy atom. The molecule has 0 aliphatic carbocycles. The molecule has 7 heteroatoms. The van der Waals surface area contributed by atoms with Crippen LogP contribution in [-0.2, 0) is 6.54 Å². The van der Waals surface area contributed by atoms with Crippen molar-refractivity contribution >= 4 is 27.6 Å². The van der Waals surface area contributed by atoms with Crippen LogP contribution in [0.1, 0.15) is 33.1 Å². The van der Waals surface area contributed by atoms with E-state index in [0.717, 1.165) is 46.8 Å². The molecule has 0 spiro atoms. The third kappa shape index (κ3) is 3.12. The van der Waals surface area contributed by atoms with Gasteiger partial charge >= 0.3 is 0 Å². The lowest BCUT2D eigenvalue weighted by Gasteiger charge is -2.16. The molecule has 0 aromatic carbocycles. The Kier molecular flexibility index (Phi) is 4.42. The minimum Gasteiger partial charge on any atom is -0.354 e. The molecule has 1 saturated heterocycles. The summed E-state index contributed by atoms with van der Waals surface area (Å²) < 4.78 is 0. The Morgan fingerprint density at radius 2 is 2.24 bits per heavy atom. The fourth-order valence-corrected chi connectivity index (χ4v) is 4.60. The van der Waals surface area contributed by atoms with Gasteiger partial charge in [0.15, 0.2) is 0 Å². The topological polar surface area (TPSA) is 71.0 Å². The van der Waals surface area contributed by atoms with Crippen molar-refractivity contribution in [2.45, 2.75) is 18.9 Å².